The Balaban J connectivity index is 1.54. The summed E-state index contributed by atoms with van der Waals surface area (Å²) in [6.45, 7) is 8.40. The molecule has 7 nitrogen and oxygen atoms in total. The van der Waals surface area contributed by atoms with Crippen molar-refractivity contribution in [3.05, 3.63) is 90.3 Å². The molecule has 1 amide bonds. The second kappa shape index (κ2) is 10.7. The maximum atomic E-state index is 12.5. The number of nitrogens with zero attached hydrogens (tertiary/aromatic N) is 5. The van der Waals surface area contributed by atoms with Crippen molar-refractivity contribution in [2.75, 3.05) is 5.75 Å². The molecule has 1 N–H and O–H groups in total. The first-order chi connectivity index (χ1) is 16.8. The van der Waals surface area contributed by atoms with Crippen LogP contribution in [0.4, 0.5) is 0 Å². The summed E-state index contributed by atoms with van der Waals surface area (Å²) < 4.78 is 1.98. The fourth-order valence-electron chi connectivity index (χ4n) is 3.43. The van der Waals surface area contributed by atoms with Gasteiger partial charge in [-0.05, 0) is 36.1 Å². The van der Waals surface area contributed by atoms with Crippen LogP contribution in [0.5, 0.6) is 0 Å². The van der Waals surface area contributed by atoms with E-state index in [1.807, 2.05) is 54.0 Å². The molecule has 35 heavy (non-hydrogen) atoms. The minimum Gasteiger partial charge on any atom is -0.272 e. The number of hydrogen-bond donors (Lipinski definition) is 1. The molecule has 0 bridgehead atoms. The van der Waals surface area contributed by atoms with Gasteiger partial charge >= 0.3 is 0 Å². The quantitative estimate of drug-likeness (QED) is 0.220. The number of aromatic nitrogens is 4. The van der Waals surface area contributed by atoms with Crippen LogP contribution in [0.3, 0.4) is 0 Å². The molecule has 4 aromatic rings. The molecule has 0 fully saturated rings. The highest BCUT2D eigenvalue weighted by molar-refractivity contribution is 7.99. The van der Waals surface area contributed by atoms with E-state index < -0.39 is 0 Å². The summed E-state index contributed by atoms with van der Waals surface area (Å²) in [7, 11) is 0. The standard InChI is InChI=1S/C27H28N6OS/c1-19(21-9-8-16-28-17-21)29-30-24(34)18-35-26-32-31-25(33(26)23-10-6-5-7-11-23)20-12-14-22(15-13-20)27(2,3)4/h5-17H,18H2,1-4H3,(H,30,34)/b29-19-. The van der Waals surface area contributed by atoms with E-state index in [9.17, 15) is 4.79 Å². The first kappa shape index (κ1) is 24.3. The third kappa shape index (κ3) is 6.02. The Kier molecular flexibility index (Phi) is 7.41. The number of rotatable bonds is 7. The molecule has 0 aliphatic rings. The monoisotopic (exact) mass is 484 g/mol. The summed E-state index contributed by atoms with van der Waals surface area (Å²) in [6.07, 6.45) is 3.40. The van der Waals surface area contributed by atoms with E-state index in [4.69, 9.17) is 0 Å². The van der Waals surface area contributed by atoms with Crippen LogP contribution in [0.25, 0.3) is 17.1 Å². The van der Waals surface area contributed by atoms with Crippen molar-refractivity contribution in [3.8, 4) is 17.1 Å². The fourth-order valence-corrected chi connectivity index (χ4v) is 4.17. The van der Waals surface area contributed by atoms with Crippen molar-refractivity contribution in [3.63, 3.8) is 0 Å². The second-order valence-electron chi connectivity index (χ2n) is 9.07. The summed E-state index contributed by atoms with van der Waals surface area (Å²) in [6, 6.07) is 22.0. The molecule has 0 atom stereocenters. The van der Waals surface area contributed by atoms with Crippen LogP contribution >= 0.6 is 11.8 Å². The van der Waals surface area contributed by atoms with Gasteiger partial charge in [-0.25, -0.2) is 5.43 Å². The maximum absolute atomic E-state index is 12.5. The van der Waals surface area contributed by atoms with E-state index in [0.29, 0.717) is 10.9 Å². The molecule has 0 saturated heterocycles. The van der Waals surface area contributed by atoms with Crippen molar-refractivity contribution < 1.29 is 4.79 Å². The number of carbonyl (C=O) groups excluding carboxylic acids is 1. The maximum Gasteiger partial charge on any atom is 0.250 e. The molecule has 2 heterocycles. The Morgan fingerprint density at radius 1 is 1.00 bits per heavy atom. The molecular formula is C27H28N6OS. The van der Waals surface area contributed by atoms with Gasteiger partial charge in [-0.2, -0.15) is 5.10 Å². The molecule has 0 radical (unpaired) electrons. The molecule has 0 aliphatic heterocycles. The van der Waals surface area contributed by atoms with Crippen LogP contribution in [0.2, 0.25) is 0 Å². The number of carbonyl (C=O) groups is 1. The molecule has 178 valence electrons. The number of para-hydroxylation sites is 1. The van der Waals surface area contributed by atoms with Gasteiger partial charge in [0.2, 0.25) is 0 Å². The number of benzene rings is 2. The molecule has 0 unspecified atom stereocenters. The number of hydrazone groups is 1. The largest absolute Gasteiger partial charge is 0.272 e. The van der Waals surface area contributed by atoms with Crippen molar-refractivity contribution in [2.24, 2.45) is 5.10 Å². The van der Waals surface area contributed by atoms with Crippen LogP contribution in [0, 0.1) is 0 Å². The topological polar surface area (TPSA) is 85.1 Å². The predicted octanol–water partition coefficient (Wildman–Crippen LogP) is 5.26. The first-order valence-electron chi connectivity index (χ1n) is 11.3. The van der Waals surface area contributed by atoms with Crippen LogP contribution in [-0.2, 0) is 10.2 Å². The summed E-state index contributed by atoms with van der Waals surface area (Å²) >= 11 is 1.32. The van der Waals surface area contributed by atoms with E-state index in [1.165, 1.54) is 17.3 Å². The second-order valence-corrected chi connectivity index (χ2v) is 10.0. The highest BCUT2D eigenvalue weighted by atomic mass is 32.2. The van der Waals surface area contributed by atoms with Gasteiger partial charge in [0.15, 0.2) is 11.0 Å². The highest BCUT2D eigenvalue weighted by Gasteiger charge is 2.19. The number of hydrogen-bond acceptors (Lipinski definition) is 6. The molecule has 0 saturated carbocycles. The minimum absolute atomic E-state index is 0.0673. The van der Waals surface area contributed by atoms with Crippen molar-refractivity contribution >= 4 is 23.4 Å². The molecule has 2 aromatic carbocycles. The number of nitrogens with one attached hydrogen (secondary N) is 1. The fraction of sp³-hybridized carbons (Fsp3) is 0.222. The van der Waals surface area contributed by atoms with Gasteiger partial charge in [0.1, 0.15) is 0 Å². The minimum atomic E-state index is -0.225. The normalized spacial score (nSPS) is 11.9. The van der Waals surface area contributed by atoms with E-state index in [2.05, 4.69) is 70.7 Å². The van der Waals surface area contributed by atoms with Gasteiger partial charge in [0, 0.05) is 29.2 Å². The van der Waals surface area contributed by atoms with Crippen LogP contribution in [0.1, 0.15) is 38.8 Å². The van der Waals surface area contributed by atoms with Crippen LogP contribution < -0.4 is 5.43 Å². The summed E-state index contributed by atoms with van der Waals surface area (Å²) in [5, 5.41) is 13.7. The predicted molar refractivity (Wildman–Crippen MR) is 141 cm³/mol. The Morgan fingerprint density at radius 2 is 1.74 bits per heavy atom. The smallest absolute Gasteiger partial charge is 0.250 e. The van der Waals surface area contributed by atoms with E-state index in [-0.39, 0.29) is 17.1 Å². The van der Waals surface area contributed by atoms with Crippen LogP contribution in [-0.4, -0.2) is 37.1 Å². The Morgan fingerprint density at radius 3 is 2.40 bits per heavy atom. The zero-order chi connectivity index (χ0) is 24.8. The lowest BCUT2D eigenvalue weighted by Crippen LogP contribution is -2.21. The molecule has 4 rings (SSSR count). The van der Waals surface area contributed by atoms with Gasteiger partial charge in [0.05, 0.1) is 11.5 Å². The van der Waals surface area contributed by atoms with Gasteiger partial charge in [-0.1, -0.05) is 81.1 Å². The molecule has 8 heteroatoms. The van der Waals surface area contributed by atoms with Gasteiger partial charge in [-0.3, -0.25) is 14.3 Å². The summed E-state index contributed by atoms with van der Waals surface area (Å²) in [4.78, 5) is 16.6. The Labute approximate surface area is 209 Å². The lowest BCUT2D eigenvalue weighted by Gasteiger charge is -2.19. The SMILES string of the molecule is C/C(=N/NC(=O)CSc1nnc(-c2ccc(C(C)(C)C)cc2)n1-c1ccccc1)c1cccnc1. The number of thioether (sulfide) groups is 1. The van der Waals surface area contributed by atoms with E-state index >= 15 is 0 Å². The van der Waals surface area contributed by atoms with E-state index in [0.717, 1.165) is 22.6 Å². The van der Waals surface area contributed by atoms with Gasteiger partial charge in [0.25, 0.3) is 5.91 Å². The van der Waals surface area contributed by atoms with Gasteiger partial charge in [-0.15, -0.1) is 10.2 Å². The molecule has 0 spiro atoms. The van der Waals surface area contributed by atoms with Crippen molar-refractivity contribution in [2.45, 2.75) is 38.3 Å². The first-order valence-corrected chi connectivity index (χ1v) is 12.3. The third-order valence-corrected chi connectivity index (χ3v) is 6.35. The zero-order valence-electron chi connectivity index (χ0n) is 20.3. The number of amides is 1. The highest BCUT2D eigenvalue weighted by Crippen LogP contribution is 2.30. The van der Waals surface area contributed by atoms with E-state index in [1.54, 1.807) is 12.4 Å². The molecule has 0 aliphatic carbocycles. The van der Waals surface area contributed by atoms with Crippen LogP contribution in [0.15, 0.2) is 89.4 Å². The average molecular weight is 485 g/mol. The average Bonchev–Trinajstić information content (AvgIpc) is 3.30. The zero-order valence-corrected chi connectivity index (χ0v) is 21.1. The Bertz CT molecular complexity index is 1310. The Hall–Kier alpha value is -3.78. The molecule has 2 aromatic heterocycles. The van der Waals surface area contributed by atoms with Gasteiger partial charge < -0.3 is 0 Å². The lowest BCUT2D eigenvalue weighted by molar-refractivity contribution is -0.118. The number of pyridine rings is 1. The lowest BCUT2D eigenvalue weighted by atomic mass is 9.87. The third-order valence-electron chi connectivity index (χ3n) is 5.42. The van der Waals surface area contributed by atoms with Crippen molar-refractivity contribution in [1.29, 1.82) is 0 Å². The summed E-state index contributed by atoms with van der Waals surface area (Å²) in [5.74, 6) is 0.652. The molecular weight excluding hydrogens is 456 g/mol. The van der Waals surface area contributed by atoms with Crippen molar-refractivity contribution in [1.82, 2.24) is 25.2 Å². The summed E-state index contributed by atoms with van der Waals surface area (Å²) in [5.41, 5.74) is 7.36.